The molecule has 1 saturated carbocycles. The molecule has 0 unspecified atom stereocenters. The zero-order chi connectivity index (χ0) is 13.5. The average Bonchev–Trinajstić information content (AvgIpc) is 3.23. The van der Waals surface area contributed by atoms with Gasteiger partial charge in [0.2, 0.25) is 5.95 Å². The summed E-state index contributed by atoms with van der Waals surface area (Å²) in [5, 5.41) is 3.37. The van der Waals surface area contributed by atoms with Gasteiger partial charge in [-0.3, -0.25) is 0 Å². The van der Waals surface area contributed by atoms with Crippen molar-refractivity contribution in [2.24, 2.45) is 5.92 Å². The molecule has 19 heavy (non-hydrogen) atoms. The fourth-order valence-corrected chi connectivity index (χ4v) is 2.17. The summed E-state index contributed by atoms with van der Waals surface area (Å²) in [6.45, 7) is 8.48. The smallest absolute Gasteiger partial charge is 0.225 e. The molecule has 0 aromatic carbocycles. The number of nitrogens with one attached hydrogen (secondary N) is 1. The Hall–Kier alpha value is -1.16. The van der Waals surface area contributed by atoms with Gasteiger partial charge in [0, 0.05) is 37.6 Å². The highest BCUT2D eigenvalue weighted by Crippen LogP contribution is 2.30. The molecule has 2 rings (SSSR count). The third-order valence-electron chi connectivity index (χ3n) is 3.40. The highest BCUT2D eigenvalue weighted by atomic mass is 15.2. The number of rotatable bonds is 9. The van der Waals surface area contributed by atoms with Crippen molar-refractivity contribution >= 4 is 5.95 Å². The Kier molecular flexibility index (Phi) is 5.58. The number of aromatic nitrogens is 2. The molecule has 0 saturated heterocycles. The first-order valence-corrected chi connectivity index (χ1v) is 7.60. The van der Waals surface area contributed by atoms with E-state index in [1.807, 2.05) is 12.4 Å². The monoisotopic (exact) mass is 262 g/mol. The van der Waals surface area contributed by atoms with Gasteiger partial charge in [-0.05, 0) is 38.1 Å². The van der Waals surface area contributed by atoms with Gasteiger partial charge in [-0.15, -0.1) is 0 Å². The SMILES string of the molecule is CCCNCc1cnc(N(CCC)CC2CC2)nc1. The van der Waals surface area contributed by atoms with Crippen LogP contribution in [0.4, 0.5) is 5.95 Å². The Bertz CT molecular complexity index is 359. The number of hydrogen-bond donors (Lipinski definition) is 1. The predicted octanol–water partition coefficient (Wildman–Crippen LogP) is 2.60. The summed E-state index contributed by atoms with van der Waals surface area (Å²) < 4.78 is 0. The van der Waals surface area contributed by atoms with Gasteiger partial charge in [-0.2, -0.15) is 0 Å². The zero-order valence-corrected chi connectivity index (χ0v) is 12.2. The third kappa shape index (κ3) is 4.78. The van der Waals surface area contributed by atoms with E-state index in [9.17, 15) is 0 Å². The lowest BCUT2D eigenvalue weighted by atomic mass is 10.3. The molecule has 106 valence electrons. The van der Waals surface area contributed by atoms with Crippen LogP contribution in [0.5, 0.6) is 0 Å². The fourth-order valence-electron chi connectivity index (χ4n) is 2.17. The second kappa shape index (κ2) is 7.43. The molecule has 1 aromatic heterocycles. The maximum atomic E-state index is 4.53. The van der Waals surface area contributed by atoms with Gasteiger partial charge in [-0.25, -0.2) is 9.97 Å². The van der Waals surface area contributed by atoms with E-state index in [2.05, 4.69) is 34.0 Å². The molecule has 1 aliphatic carbocycles. The van der Waals surface area contributed by atoms with Gasteiger partial charge in [-0.1, -0.05) is 13.8 Å². The Balaban J connectivity index is 1.90. The first-order valence-electron chi connectivity index (χ1n) is 7.60. The summed E-state index contributed by atoms with van der Waals surface area (Å²) in [6.07, 6.45) is 8.97. The molecule has 4 nitrogen and oxygen atoms in total. The van der Waals surface area contributed by atoms with E-state index in [1.54, 1.807) is 0 Å². The molecule has 4 heteroatoms. The van der Waals surface area contributed by atoms with E-state index in [4.69, 9.17) is 0 Å². The second-order valence-corrected chi connectivity index (χ2v) is 5.46. The van der Waals surface area contributed by atoms with E-state index in [-0.39, 0.29) is 0 Å². The summed E-state index contributed by atoms with van der Waals surface area (Å²) in [5.74, 6) is 1.77. The molecule has 1 heterocycles. The molecule has 0 amide bonds. The molecule has 0 bridgehead atoms. The lowest BCUT2D eigenvalue weighted by Gasteiger charge is -2.21. The molecular formula is C15H26N4. The molecule has 1 N–H and O–H groups in total. The minimum atomic E-state index is 0.866. The van der Waals surface area contributed by atoms with Gasteiger partial charge in [0.05, 0.1) is 0 Å². The van der Waals surface area contributed by atoms with Crippen molar-refractivity contribution in [3.05, 3.63) is 18.0 Å². The first kappa shape index (κ1) is 14.3. The Morgan fingerprint density at radius 1 is 1.21 bits per heavy atom. The average molecular weight is 262 g/mol. The van der Waals surface area contributed by atoms with Gasteiger partial charge in [0.25, 0.3) is 0 Å². The maximum Gasteiger partial charge on any atom is 0.225 e. The van der Waals surface area contributed by atoms with Crippen LogP contribution in [-0.2, 0) is 6.54 Å². The van der Waals surface area contributed by atoms with E-state index in [1.165, 1.54) is 18.4 Å². The van der Waals surface area contributed by atoms with Crippen molar-refractivity contribution in [3.63, 3.8) is 0 Å². The topological polar surface area (TPSA) is 41.1 Å². The predicted molar refractivity (Wildman–Crippen MR) is 79.3 cm³/mol. The molecule has 0 spiro atoms. The molecule has 1 fully saturated rings. The van der Waals surface area contributed by atoms with Crippen LogP contribution in [0.25, 0.3) is 0 Å². The van der Waals surface area contributed by atoms with Crippen LogP contribution in [0.15, 0.2) is 12.4 Å². The largest absolute Gasteiger partial charge is 0.341 e. The third-order valence-corrected chi connectivity index (χ3v) is 3.40. The van der Waals surface area contributed by atoms with Crippen molar-refractivity contribution < 1.29 is 0 Å². The maximum absolute atomic E-state index is 4.53. The number of anilines is 1. The fraction of sp³-hybridized carbons (Fsp3) is 0.733. The molecule has 0 aliphatic heterocycles. The highest BCUT2D eigenvalue weighted by molar-refractivity contribution is 5.30. The van der Waals surface area contributed by atoms with E-state index < -0.39 is 0 Å². The summed E-state index contributed by atoms with van der Waals surface area (Å²) in [5.41, 5.74) is 1.17. The Labute approximate surface area is 116 Å². The molecule has 0 radical (unpaired) electrons. The van der Waals surface area contributed by atoms with E-state index in [0.29, 0.717) is 0 Å². The molecule has 1 aliphatic rings. The van der Waals surface area contributed by atoms with Crippen LogP contribution in [-0.4, -0.2) is 29.6 Å². The highest BCUT2D eigenvalue weighted by Gasteiger charge is 2.25. The van der Waals surface area contributed by atoms with Gasteiger partial charge in [0.15, 0.2) is 0 Å². The van der Waals surface area contributed by atoms with Crippen molar-refractivity contribution in [2.75, 3.05) is 24.5 Å². The standard InChI is InChI=1S/C15H26N4/c1-3-7-16-9-14-10-17-15(18-11-14)19(8-4-2)12-13-5-6-13/h10-11,13,16H,3-9,12H2,1-2H3. The van der Waals surface area contributed by atoms with Crippen LogP contribution in [0, 0.1) is 5.92 Å². The van der Waals surface area contributed by atoms with Crippen molar-refractivity contribution in [1.29, 1.82) is 0 Å². The van der Waals surface area contributed by atoms with E-state index in [0.717, 1.165) is 50.9 Å². The summed E-state index contributed by atoms with van der Waals surface area (Å²) in [6, 6.07) is 0. The summed E-state index contributed by atoms with van der Waals surface area (Å²) in [7, 11) is 0. The minimum absolute atomic E-state index is 0.866. The van der Waals surface area contributed by atoms with Gasteiger partial charge >= 0.3 is 0 Å². The number of hydrogen-bond acceptors (Lipinski definition) is 4. The minimum Gasteiger partial charge on any atom is -0.341 e. The Morgan fingerprint density at radius 3 is 2.53 bits per heavy atom. The van der Waals surface area contributed by atoms with Gasteiger partial charge in [0.1, 0.15) is 0 Å². The number of nitrogens with zero attached hydrogens (tertiary/aromatic N) is 3. The molecular weight excluding hydrogens is 236 g/mol. The van der Waals surface area contributed by atoms with Crippen LogP contribution in [0.3, 0.4) is 0 Å². The zero-order valence-electron chi connectivity index (χ0n) is 12.2. The van der Waals surface area contributed by atoms with Crippen LogP contribution >= 0.6 is 0 Å². The summed E-state index contributed by atoms with van der Waals surface area (Å²) >= 11 is 0. The second-order valence-electron chi connectivity index (χ2n) is 5.46. The van der Waals surface area contributed by atoms with Crippen molar-refractivity contribution in [3.8, 4) is 0 Å². The quantitative estimate of drug-likeness (QED) is 0.695. The lowest BCUT2D eigenvalue weighted by Crippen LogP contribution is -2.28. The van der Waals surface area contributed by atoms with Gasteiger partial charge < -0.3 is 10.2 Å². The lowest BCUT2D eigenvalue weighted by molar-refractivity contribution is 0.665. The van der Waals surface area contributed by atoms with E-state index >= 15 is 0 Å². The van der Waals surface area contributed by atoms with Crippen molar-refractivity contribution in [2.45, 2.75) is 46.1 Å². The normalized spacial score (nSPS) is 14.6. The van der Waals surface area contributed by atoms with Crippen LogP contribution < -0.4 is 10.2 Å². The molecule has 0 atom stereocenters. The summed E-state index contributed by atoms with van der Waals surface area (Å²) in [4.78, 5) is 11.4. The first-order chi connectivity index (χ1) is 9.33. The van der Waals surface area contributed by atoms with Crippen LogP contribution in [0.2, 0.25) is 0 Å². The van der Waals surface area contributed by atoms with Crippen molar-refractivity contribution in [1.82, 2.24) is 15.3 Å². The Morgan fingerprint density at radius 2 is 1.95 bits per heavy atom. The van der Waals surface area contributed by atoms with Crippen LogP contribution in [0.1, 0.15) is 45.1 Å². The molecule has 1 aromatic rings.